The number of fused-ring (bicyclic) bond motifs is 1. The molecule has 0 radical (unpaired) electrons. The average Bonchev–Trinajstić information content (AvgIpc) is 3.05. The Morgan fingerprint density at radius 3 is 2.43 bits per heavy atom. The molecular formula is C20H20N2O6. The van der Waals surface area contributed by atoms with Gasteiger partial charge in [-0.2, -0.15) is 0 Å². The van der Waals surface area contributed by atoms with Crippen LogP contribution in [0.5, 0.6) is 23.0 Å². The van der Waals surface area contributed by atoms with Crippen LogP contribution >= 0.6 is 0 Å². The molecule has 0 fully saturated rings. The molecule has 2 atom stereocenters. The second kappa shape index (κ2) is 7.51. The number of rotatable bonds is 6. The van der Waals surface area contributed by atoms with E-state index < -0.39 is 23.8 Å². The van der Waals surface area contributed by atoms with E-state index in [1.807, 2.05) is 0 Å². The van der Waals surface area contributed by atoms with Gasteiger partial charge in [-0.1, -0.05) is 6.07 Å². The molecule has 2 aromatic rings. The summed E-state index contributed by atoms with van der Waals surface area (Å²) in [6.07, 6.45) is 1.99. The number of phenols is 1. The number of ether oxygens (including phenoxy) is 3. The zero-order valence-corrected chi connectivity index (χ0v) is 15.3. The predicted molar refractivity (Wildman–Crippen MR) is 101 cm³/mol. The van der Waals surface area contributed by atoms with Gasteiger partial charge >= 0.3 is 0 Å². The molecule has 28 heavy (non-hydrogen) atoms. The number of nitrogens with two attached hydrogens (primary N) is 2. The zero-order chi connectivity index (χ0) is 20.4. The lowest BCUT2D eigenvalue weighted by atomic mass is 9.89. The van der Waals surface area contributed by atoms with Crippen LogP contribution < -0.4 is 25.7 Å². The minimum atomic E-state index is -0.805. The highest BCUT2D eigenvalue weighted by molar-refractivity contribution is 5.91. The van der Waals surface area contributed by atoms with E-state index in [9.17, 15) is 14.7 Å². The number of hydrogen-bond acceptors (Lipinski definition) is 6. The van der Waals surface area contributed by atoms with Crippen molar-refractivity contribution in [2.24, 2.45) is 11.5 Å². The van der Waals surface area contributed by atoms with E-state index in [0.29, 0.717) is 28.2 Å². The third kappa shape index (κ3) is 3.44. The number of carbonyl (C=O) groups is 2. The molecule has 1 aliphatic rings. The van der Waals surface area contributed by atoms with Gasteiger partial charge in [-0.25, -0.2) is 0 Å². The van der Waals surface area contributed by atoms with Crippen LogP contribution in [0.3, 0.4) is 0 Å². The SMILES string of the molecule is COc1cc([C@H]2Oc3c(OC)cc(/C=C/C(N)=O)cc3[C@@H]2C(N)=O)ccc1O. The number of aromatic hydroxyl groups is 1. The van der Waals surface area contributed by atoms with E-state index in [4.69, 9.17) is 25.7 Å². The molecule has 1 aliphatic heterocycles. The number of methoxy groups -OCH3 is 2. The number of carbonyl (C=O) groups excluding carboxylic acids is 2. The lowest BCUT2D eigenvalue weighted by molar-refractivity contribution is -0.120. The first-order valence-corrected chi connectivity index (χ1v) is 8.38. The smallest absolute Gasteiger partial charge is 0.241 e. The van der Waals surface area contributed by atoms with Crippen molar-refractivity contribution in [3.8, 4) is 23.0 Å². The average molecular weight is 384 g/mol. The summed E-state index contributed by atoms with van der Waals surface area (Å²) in [4.78, 5) is 23.3. The maximum Gasteiger partial charge on any atom is 0.241 e. The molecule has 0 aliphatic carbocycles. The van der Waals surface area contributed by atoms with Crippen molar-refractivity contribution in [1.82, 2.24) is 0 Å². The fourth-order valence-corrected chi connectivity index (χ4v) is 3.22. The van der Waals surface area contributed by atoms with Crippen LogP contribution in [0.4, 0.5) is 0 Å². The van der Waals surface area contributed by atoms with E-state index >= 15 is 0 Å². The fraction of sp³-hybridized carbons (Fsp3) is 0.200. The van der Waals surface area contributed by atoms with E-state index in [1.165, 1.54) is 32.4 Å². The Balaban J connectivity index is 2.11. The third-order valence-corrected chi connectivity index (χ3v) is 4.49. The van der Waals surface area contributed by atoms with E-state index in [0.717, 1.165) is 0 Å². The first-order valence-electron chi connectivity index (χ1n) is 8.38. The van der Waals surface area contributed by atoms with Gasteiger partial charge in [-0.3, -0.25) is 9.59 Å². The molecule has 0 aromatic heterocycles. The van der Waals surface area contributed by atoms with Crippen LogP contribution in [0.25, 0.3) is 6.08 Å². The summed E-state index contributed by atoms with van der Waals surface area (Å²) in [5.41, 5.74) is 12.6. The van der Waals surface area contributed by atoms with Crippen LogP contribution in [0.2, 0.25) is 0 Å². The fourth-order valence-electron chi connectivity index (χ4n) is 3.22. The number of hydrogen-bond donors (Lipinski definition) is 3. The maximum absolute atomic E-state index is 12.3. The minimum Gasteiger partial charge on any atom is -0.504 e. The molecule has 5 N–H and O–H groups in total. The quantitative estimate of drug-likeness (QED) is 0.648. The topological polar surface area (TPSA) is 134 Å². The summed E-state index contributed by atoms with van der Waals surface area (Å²) in [6.45, 7) is 0. The standard InChI is InChI=1S/C20H20N2O6/c1-26-14-9-11(4-5-13(14)23)18-17(20(22)25)12-7-10(3-6-16(21)24)8-15(27-2)19(12)28-18/h3-9,17-18,23H,1-2H3,(H2,21,24)(H2,22,25)/b6-3+/t17-,18+/m0/s1. The van der Waals surface area contributed by atoms with Gasteiger partial charge in [0.25, 0.3) is 0 Å². The van der Waals surface area contributed by atoms with Crippen molar-refractivity contribution in [3.05, 3.63) is 53.1 Å². The highest BCUT2D eigenvalue weighted by Crippen LogP contribution is 2.51. The van der Waals surface area contributed by atoms with Gasteiger partial charge in [-0.15, -0.1) is 0 Å². The van der Waals surface area contributed by atoms with Gasteiger partial charge in [0.15, 0.2) is 23.0 Å². The number of primary amides is 2. The van der Waals surface area contributed by atoms with Crippen molar-refractivity contribution >= 4 is 17.9 Å². The molecule has 0 saturated heterocycles. The van der Waals surface area contributed by atoms with Gasteiger partial charge in [0, 0.05) is 11.6 Å². The van der Waals surface area contributed by atoms with Gasteiger partial charge in [0.1, 0.15) is 12.0 Å². The minimum absolute atomic E-state index is 0.0335. The van der Waals surface area contributed by atoms with Crippen LogP contribution in [0, 0.1) is 0 Å². The largest absolute Gasteiger partial charge is 0.504 e. The summed E-state index contributed by atoms with van der Waals surface area (Å²) in [5, 5.41) is 9.83. The van der Waals surface area contributed by atoms with Crippen molar-refractivity contribution in [3.63, 3.8) is 0 Å². The molecule has 2 amide bonds. The maximum atomic E-state index is 12.3. The highest BCUT2D eigenvalue weighted by atomic mass is 16.5. The van der Waals surface area contributed by atoms with Crippen molar-refractivity contribution < 1.29 is 28.9 Å². The molecule has 8 nitrogen and oxygen atoms in total. The number of phenolic OH excluding ortho intramolecular Hbond substituents is 1. The van der Waals surface area contributed by atoms with E-state index in [2.05, 4.69) is 0 Å². The Morgan fingerprint density at radius 2 is 1.82 bits per heavy atom. The van der Waals surface area contributed by atoms with Crippen molar-refractivity contribution in [2.45, 2.75) is 12.0 Å². The van der Waals surface area contributed by atoms with E-state index in [-0.39, 0.29) is 11.5 Å². The molecule has 0 unspecified atom stereocenters. The molecule has 1 heterocycles. The molecular weight excluding hydrogens is 364 g/mol. The molecule has 0 spiro atoms. The molecule has 3 rings (SSSR count). The summed E-state index contributed by atoms with van der Waals surface area (Å²) in [6, 6.07) is 8.03. The summed E-state index contributed by atoms with van der Waals surface area (Å²) >= 11 is 0. The van der Waals surface area contributed by atoms with Gasteiger partial charge in [0.05, 0.1) is 14.2 Å². The normalized spacial score (nSPS) is 17.8. The predicted octanol–water partition coefficient (Wildman–Crippen LogP) is 1.61. The van der Waals surface area contributed by atoms with Gasteiger partial charge < -0.3 is 30.8 Å². The molecule has 2 aromatic carbocycles. The van der Waals surface area contributed by atoms with Crippen LogP contribution in [0.1, 0.15) is 28.7 Å². The molecule has 8 heteroatoms. The zero-order valence-electron chi connectivity index (χ0n) is 15.3. The Morgan fingerprint density at radius 1 is 1.11 bits per heavy atom. The van der Waals surface area contributed by atoms with Crippen LogP contribution in [-0.2, 0) is 9.59 Å². The Hall–Kier alpha value is -3.68. The Labute approximate surface area is 161 Å². The lowest BCUT2D eigenvalue weighted by Crippen LogP contribution is -2.25. The summed E-state index contributed by atoms with van der Waals surface area (Å²) in [5.74, 6) is -1.00. The third-order valence-electron chi connectivity index (χ3n) is 4.49. The Kier molecular flexibility index (Phi) is 5.12. The highest BCUT2D eigenvalue weighted by Gasteiger charge is 2.41. The number of benzene rings is 2. The van der Waals surface area contributed by atoms with Crippen LogP contribution in [0.15, 0.2) is 36.4 Å². The molecule has 0 saturated carbocycles. The number of amides is 2. The van der Waals surface area contributed by atoms with Crippen molar-refractivity contribution in [1.29, 1.82) is 0 Å². The van der Waals surface area contributed by atoms with Crippen LogP contribution in [-0.4, -0.2) is 31.1 Å². The second-order valence-electron chi connectivity index (χ2n) is 6.23. The lowest BCUT2D eigenvalue weighted by Gasteiger charge is -2.18. The summed E-state index contributed by atoms with van der Waals surface area (Å²) < 4.78 is 16.6. The molecule has 0 bridgehead atoms. The first-order chi connectivity index (χ1) is 13.3. The monoisotopic (exact) mass is 384 g/mol. The van der Waals surface area contributed by atoms with Gasteiger partial charge in [0.2, 0.25) is 11.8 Å². The van der Waals surface area contributed by atoms with E-state index in [1.54, 1.807) is 24.3 Å². The summed E-state index contributed by atoms with van der Waals surface area (Å²) in [7, 11) is 2.89. The first kappa shape index (κ1) is 19.1. The Bertz CT molecular complexity index is 969. The second-order valence-corrected chi connectivity index (χ2v) is 6.23. The van der Waals surface area contributed by atoms with Gasteiger partial charge in [-0.05, 0) is 41.5 Å². The van der Waals surface area contributed by atoms with Crippen molar-refractivity contribution in [2.75, 3.05) is 14.2 Å². The molecule has 146 valence electrons.